The molecule has 2 aromatic carbocycles. The summed E-state index contributed by atoms with van der Waals surface area (Å²) in [5.41, 5.74) is 15.2. The number of rotatable bonds is 6. The molecular weight excluding hydrogens is 328 g/mol. The number of carbonyl (C=O) groups is 1. The molecule has 1 aromatic heterocycles. The van der Waals surface area contributed by atoms with Gasteiger partial charge in [0.15, 0.2) is 0 Å². The van der Waals surface area contributed by atoms with Gasteiger partial charge >= 0.3 is 0 Å². The molecule has 0 aliphatic heterocycles. The van der Waals surface area contributed by atoms with Crippen molar-refractivity contribution >= 4 is 29.0 Å². The van der Waals surface area contributed by atoms with E-state index in [1.807, 2.05) is 31.2 Å². The monoisotopic (exact) mass is 348 g/mol. The first kappa shape index (κ1) is 17.4. The Balaban J connectivity index is 1.80. The molecule has 0 spiro atoms. The van der Waals surface area contributed by atoms with E-state index in [-0.39, 0.29) is 0 Å². The maximum absolute atomic E-state index is 11.3. The molecule has 0 saturated carbocycles. The highest BCUT2D eigenvalue weighted by Crippen LogP contribution is 2.22. The Morgan fingerprint density at radius 1 is 1.12 bits per heavy atom. The van der Waals surface area contributed by atoms with Crippen molar-refractivity contribution in [2.24, 2.45) is 11.5 Å². The van der Waals surface area contributed by atoms with E-state index >= 15 is 0 Å². The molecule has 1 amide bonds. The van der Waals surface area contributed by atoms with Gasteiger partial charge in [0.2, 0.25) is 11.9 Å². The van der Waals surface area contributed by atoms with Crippen molar-refractivity contribution in [1.82, 2.24) is 9.97 Å². The lowest BCUT2D eigenvalue weighted by Gasteiger charge is -2.12. The minimum atomic E-state index is -0.486. The zero-order valence-electron chi connectivity index (χ0n) is 14.4. The third-order valence-corrected chi connectivity index (χ3v) is 3.86. The SMILES string of the molecule is Cc1ccc(CN)cc1Nc1ccnc(Nc2cccc(C(N)=O)c2)n1. The van der Waals surface area contributed by atoms with Crippen LogP contribution in [0.1, 0.15) is 21.5 Å². The molecule has 0 aliphatic carbocycles. The molecule has 0 radical (unpaired) electrons. The fourth-order valence-corrected chi connectivity index (χ4v) is 2.44. The van der Waals surface area contributed by atoms with E-state index < -0.39 is 5.91 Å². The van der Waals surface area contributed by atoms with Gasteiger partial charge in [0.25, 0.3) is 0 Å². The molecule has 7 heteroatoms. The van der Waals surface area contributed by atoms with E-state index in [4.69, 9.17) is 11.5 Å². The van der Waals surface area contributed by atoms with Gasteiger partial charge in [0, 0.05) is 29.7 Å². The van der Waals surface area contributed by atoms with Crippen molar-refractivity contribution in [3.8, 4) is 0 Å². The lowest BCUT2D eigenvalue weighted by Crippen LogP contribution is -2.11. The molecule has 132 valence electrons. The number of nitrogens with two attached hydrogens (primary N) is 2. The molecule has 1 heterocycles. The van der Waals surface area contributed by atoms with Crippen LogP contribution in [-0.4, -0.2) is 15.9 Å². The minimum absolute atomic E-state index is 0.407. The fourth-order valence-electron chi connectivity index (χ4n) is 2.44. The summed E-state index contributed by atoms with van der Waals surface area (Å²) in [5, 5.41) is 6.35. The predicted molar refractivity (Wildman–Crippen MR) is 103 cm³/mol. The Bertz CT molecular complexity index is 941. The van der Waals surface area contributed by atoms with E-state index in [0.717, 1.165) is 16.8 Å². The summed E-state index contributed by atoms with van der Waals surface area (Å²) in [6, 6.07) is 14.6. The second-order valence-corrected chi connectivity index (χ2v) is 5.81. The lowest BCUT2D eigenvalue weighted by atomic mass is 10.1. The zero-order chi connectivity index (χ0) is 18.5. The van der Waals surface area contributed by atoms with Gasteiger partial charge in [-0.1, -0.05) is 18.2 Å². The fraction of sp³-hybridized carbons (Fsp3) is 0.105. The molecular formula is C19H20N6O. The van der Waals surface area contributed by atoms with E-state index in [9.17, 15) is 4.79 Å². The number of aryl methyl sites for hydroxylation is 1. The van der Waals surface area contributed by atoms with Crippen LogP contribution in [-0.2, 0) is 6.54 Å². The number of hydrogen-bond acceptors (Lipinski definition) is 6. The number of carbonyl (C=O) groups excluding carboxylic acids is 1. The molecule has 0 bridgehead atoms. The molecule has 7 nitrogen and oxygen atoms in total. The lowest BCUT2D eigenvalue weighted by molar-refractivity contribution is 0.100. The van der Waals surface area contributed by atoms with Gasteiger partial charge in [-0.15, -0.1) is 0 Å². The maximum Gasteiger partial charge on any atom is 0.248 e. The van der Waals surface area contributed by atoms with Crippen molar-refractivity contribution in [3.63, 3.8) is 0 Å². The molecule has 0 unspecified atom stereocenters. The molecule has 0 saturated heterocycles. The number of nitrogens with zero attached hydrogens (tertiary/aromatic N) is 2. The van der Waals surface area contributed by atoms with Crippen LogP contribution >= 0.6 is 0 Å². The number of aromatic nitrogens is 2. The number of primary amides is 1. The predicted octanol–water partition coefficient (Wildman–Crippen LogP) is 2.83. The topological polar surface area (TPSA) is 119 Å². The van der Waals surface area contributed by atoms with Crippen molar-refractivity contribution < 1.29 is 4.79 Å². The molecule has 6 N–H and O–H groups in total. The first-order chi connectivity index (χ1) is 12.5. The van der Waals surface area contributed by atoms with Crippen molar-refractivity contribution in [2.75, 3.05) is 10.6 Å². The average molecular weight is 348 g/mol. The first-order valence-corrected chi connectivity index (χ1v) is 8.12. The van der Waals surface area contributed by atoms with Gasteiger partial charge in [-0.25, -0.2) is 4.98 Å². The third kappa shape index (κ3) is 4.14. The first-order valence-electron chi connectivity index (χ1n) is 8.12. The average Bonchev–Trinajstić information content (AvgIpc) is 2.64. The number of benzene rings is 2. The Morgan fingerprint density at radius 2 is 1.96 bits per heavy atom. The van der Waals surface area contributed by atoms with E-state index in [1.54, 1.807) is 30.5 Å². The van der Waals surface area contributed by atoms with Crippen LogP contribution in [0.3, 0.4) is 0 Å². The second-order valence-electron chi connectivity index (χ2n) is 5.81. The summed E-state index contributed by atoms with van der Waals surface area (Å²) in [7, 11) is 0. The number of nitrogens with one attached hydrogen (secondary N) is 2. The van der Waals surface area contributed by atoms with Crippen LogP contribution in [0.25, 0.3) is 0 Å². The standard InChI is InChI=1S/C19H20N6O/c1-12-5-6-13(11-20)9-16(12)24-17-7-8-22-19(25-17)23-15-4-2-3-14(10-15)18(21)26/h2-10H,11,20H2,1H3,(H2,21,26)(H2,22,23,24,25). The molecule has 26 heavy (non-hydrogen) atoms. The van der Waals surface area contributed by atoms with Crippen LogP contribution < -0.4 is 22.1 Å². The quantitative estimate of drug-likeness (QED) is 0.544. The maximum atomic E-state index is 11.3. The van der Waals surface area contributed by atoms with Crippen LogP contribution in [0.5, 0.6) is 0 Å². The number of anilines is 4. The highest BCUT2D eigenvalue weighted by Gasteiger charge is 2.06. The van der Waals surface area contributed by atoms with Crippen LogP contribution in [0.15, 0.2) is 54.7 Å². The van der Waals surface area contributed by atoms with E-state index in [2.05, 4.69) is 20.6 Å². The largest absolute Gasteiger partial charge is 0.366 e. The minimum Gasteiger partial charge on any atom is -0.366 e. The summed E-state index contributed by atoms with van der Waals surface area (Å²) in [6.07, 6.45) is 1.65. The van der Waals surface area contributed by atoms with Crippen LogP contribution in [0.4, 0.5) is 23.1 Å². The van der Waals surface area contributed by atoms with Crippen LogP contribution in [0, 0.1) is 6.92 Å². The summed E-state index contributed by atoms with van der Waals surface area (Å²) in [6.45, 7) is 2.49. The Hall–Kier alpha value is -3.45. The molecule has 3 aromatic rings. The molecule has 0 aliphatic rings. The summed E-state index contributed by atoms with van der Waals surface area (Å²) in [5.74, 6) is 0.565. The van der Waals surface area contributed by atoms with Crippen molar-refractivity contribution in [2.45, 2.75) is 13.5 Å². The third-order valence-electron chi connectivity index (χ3n) is 3.86. The highest BCUT2D eigenvalue weighted by molar-refractivity contribution is 5.93. The molecule has 0 atom stereocenters. The zero-order valence-corrected chi connectivity index (χ0v) is 14.4. The van der Waals surface area contributed by atoms with Gasteiger partial charge < -0.3 is 22.1 Å². The highest BCUT2D eigenvalue weighted by atomic mass is 16.1. The second kappa shape index (κ2) is 7.62. The normalized spacial score (nSPS) is 10.4. The number of hydrogen-bond donors (Lipinski definition) is 4. The Morgan fingerprint density at radius 3 is 2.73 bits per heavy atom. The molecule has 3 rings (SSSR count). The summed E-state index contributed by atoms with van der Waals surface area (Å²) < 4.78 is 0. The van der Waals surface area contributed by atoms with Crippen LogP contribution in [0.2, 0.25) is 0 Å². The van der Waals surface area contributed by atoms with E-state index in [1.165, 1.54) is 0 Å². The van der Waals surface area contributed by atoms with Gasteiger partial charge in [-0.05, 0) is 48.4 Å². The van der Waals surface area contributed by atoms with Crippen molar-refractivity contribution in [1.29, 1.82) is 0 Å². The Kier molecular flexibility index (Phi) is 5.09. The molecule has 0 fully saturated rings. The number of amides is 1. The van der Waals surface area contributed by atoms with Gasteiger partial charge in [0.1, 0.15) is 5.82 Å². The van der Waals surface area contributed by atoms with Crippen molar-refractivity contribution in [3.05, 3.63) is 71.4 Å². The van der Waals surface area contributed by atoms with E-state index in [0.29, 0.717) is 29.6 Å². The van der Waals surface area contributed by atoms with Gasteiger partial charge in [0.05, 0.1) is 0 Å². The van der Waals surface area contributed by atoms with Gasteiger partial charge in [-0.2, -0.15) is 4.98 Å². The summed E-state index contributed by atoms with van der Waals surface area (Å²) in [4.78, 5) is 20.0. The Labute approximate surface area is 151 Å². The van der Waals surface area contributed by atoms with Gasteiger partial charge in [-0.3, -0.25) is 4.79 Å². The smallest absolute Gasteiger partial charge is 0.248 e. The summed E-state index contributed by atoms with van der Waals surface area (Å²) >= 11 is 0.